The molecule has 1 fully saturated rings. The standard InChI is InChI=1S/C21H19ClFN3O2S2/c1-12-3-4-14(11-15(12)23)20(27)25-7-9-26(10-8-25)21(28)18-13(2)24-19(30-18)16-5-6-17(22)29-16/h3-6,11H,7-10H2,1-2H3. The van der Waals surface area contributed by atoms with Crippen molar-refractivity contribution in [3.63, 3.8) is 0 Å². The maximum atomic E-state index is 13.8. The molecule has 2 amide bonds. The van der Waals surface area contributed by atoms with Gasteiger partial charge in [0.25, 0.3) is 11.8 Å². The number of aryl methyl sites for hydroxylation is 2. The zero-order valence-corrected chi connectivity index (χ0v) is 18.8. The normalized spacial score (nSPS) is 14.3. The van der Waals surface area contributed by atoms with Gasteiger partial charge in [-0.3, -0.25) is 9.59 Å². The molecule has 0 radical (unpaired) electrons. The van der Waals surface area contributed by atoms with Gasteiger partial charge in [0.2, 0.25) is 0 Å². The van der Waals surface area contributed by atoms with Gasteiger partial charge in [0.1, 0.15) is 15.7 Å². The van der Waals surface area contributed by atoms with Crippen molar-refractivity contribution in [2.45, 2.75) is 13.8 Å². The van der Waals surface area contributed by atoms with Crippen LogP contribution in [0.15, 0.2) is 30.3 Å². The molecule has 4 rings (SSSR count). The molecule has 1 aromatic carbocycles. The lowest BCUT2D eigenvalue weighted by Gasteiger charge is -2.34. The van der Waals surface area contributed by atoms with Gasteiger partial charge in [-0.05, 0) is 43.7 Å². The molecular formula is C21H19ClFN3O2S2. The van der Waals surface area contributed by atoms with Crippen molar-refractivity contribution in [1.82, 2.24) is 14.8 Å². The molecule has 5 nitrogen and oxygen atoms in total. The minimum atomic E-state index is -0.391. The maximum absolute atomic E-state index is 13.8. The highest BCUT2D eigenvalue weighted by atomic mass is 35.5. The molecule has 0 N–H and O–H groups in total. The first-order valence-electron chi connectivity index (χ1n) is 9.41. The van der Waals surface area contributed by atoms with Gasteiger partial charge in [0, 0.05) is 31.7 Å². The lowest BCUT2D eigenvalue weighted by molar-refractivity contribution is 0.0537. The molecule has 0 atom stereocenters. The number of carbonyl (C=O) groups excluding carboxylic acids is 2. The Morgan fingerprint density at radius 1 is 1.00 bits per heavy atom. The van der Waals surface area contributed by atoms with Crippen LogP contribution in [0.5, 0.6) is 0 Å². The second kappa shape index (κ2) is 8.45. The van der Waals surface area contributed by atoms with Crippen molar-refractivity contribution in [2.24, 2.45) is 0 Å². The Kier molecular flexibility index (Phi) is 5.90. The number of hydrogen-bond acceptors (Lipinski definition) is 5. The molecule has 0 unspecified atom stereocenters. The van der Waals surface area contributed by atoms with Crippen LogP contribution in [0, 0.1) is 19.7 Å². The van der Waals surface area contributed by atoms with E-state index in [2.05, 4.69) is 4.98 Å². The summed E-state index contributed by atoms with van der Waals surface area (Å²) in [6, 6.07) is 8.23. The molecule has 9 heteroatoms. The van der Waals surface area contributed by atoms with Crippen LogP contribution in [0.25, 0.3) is 9.88 Å². The number of nitrogens with zero attached hydrogens (tertiary/aromatic N) is 3. The highest BCUT2D eigenvalue weighted by molar-refractivity contribution is 7.24. The lowest BCUT2D eigenvalue weighted by atomic mass is 10.1. The van der Waals surface area contributed by atoms with E-state index >= 15 is 0 Å². The molecule has 3 aromatic rings. The van der Waals surface area contributed by atoms with Gasteiger partial charge in [0.15, 0.2) is 0 Å². The molecule has 1 saturated heterocycles. The minimum absolute atomic E-state index is 0.0765. The number of carbonyl (C=O) groups is 2. The van der Waals surface area contributed by atoms with Gasteiger partial charge in [-0.1, -0.05) is 17.7 Å². The first-order valence-corrected chi connectivity index (χ1v) is 11.4. The molecular weight excluding hydrogens is 445 g/mol. The SMILES string of the molecule is Cc1ccc(C(=O)N2CCN(C(=O)c3sc(-c4ccc(Cl)s4)nc3C)CC2)cc1F. The topological polar surface area (TPSA) is 53.5 Å². The van der Waals surface area contributed by atoms with Crippen molar-refractivity contribution < 1.29 is 14.0 Å². The smallest absolute Gasteiger partial charge is 0.265 e. The van der Waals surface area contributed by atoms with Crippen molar-refractivity contribution in [3.8, 4) is 9.88 Å². The Labute approximate surface area is 186 Å². The van der Waals surface area contributed by atoms with E-state index in [-0.39, 0.29) is 11.8 Å². The summed E-state index contributed by atoms with van der Waals surface area (Å²) in [6.45, 7) is 5.16. The fraction of sp³-hybridized carbons (Fsp3) is 0.286. The van der Waals surface area contributed by atoms with Crippen LogP contribution in [-0.2, 0) is 0 Å². The number of thiophene rings is 1. The third-order valence-electron chi connectivity index (χ3n) is 5.05. The highest BCUT2D eigenvalue weighted by Gasteiger charge is 2.28. The Hall–Kier alpha value is -2.29. The van der Waals surface area contributed by atoms with Gasteiger partial charge < -0.3 is 9.80 Å². The second-order valence-electron chi connectivity index (χ2n) is 7.09. The first-order chi connectivity index (χ1) is 14.3. The summed E-state index contributed by atoms with van der Waals surface area (Å²) < 4.78 is 14.5. The fourth-order valence-electron chi connectivity index (χ4n) is 3.29. The van der Waals surface area contributed by atoms with Gasteiger partial charge in [-0.25, -0.2) is 9.37 Å². The zero-order chi connectivity index (χ0) is 21.4. The number of halogens is 2. The molecule has 1 aliphatic heterocycles. The summed E-state index contributed by atoms with van der Waals surface area (Å²) >= 11 is 8.80. The quantitative estimate of drug-likeness (QED) is 0.556. The average Bonchev–Trinajstić information content (AvgIpc) is 3.34. The fourth-order valence-corrected chi connectivity index (χ4v) is 5.43. The number of amides is 2. The largest absolute Gasteiger partial charge is 0.335 e. The third-order valence-corrected chi connectivity index (χ3v) is 7.59. The van der Waals surface area contributed by atoms with E-state index in [1.54, 1.807) is 28.9 Å². The van der Waals surface area contributed by atoms with Crippen LogP contribution in [0.1, 0.15) is 31.3 Å². The van der Waals surface area contributed by atoms with E-state index in [0.717, 1.165) is 9.88 Å². The molecule has 2 aromatic heterocycles. The van der Waals surface area contributed by atoms with Crippen molar-refractivity contribution in [3.05, 3.63) is 62.2 Å². The Morgan fingerprint density at radius 2 is 1.67 bits per heavy atom. The van der Waals surface area contributed by atoms with E-state index in [1.807, 2.05) is 19.1 Å². The number of hydrogen-bond donors (Lipinski definition) is 0. The van der Waals surface area contributed by atoms with Crippen molar-refractivity contribution >= 4 is 46.1 Å². The molecule has 30 heavy (non-hydrogen) atoms. The number of rotatable bonds is 3. The number of piperazine rings is 1. The summed E-state index contributed by atoms with van der Waals surface area (Å²) in [5.74, 6) is -0.683. The summed E-state index contributed by atoms with van der Waals surface area (Å²) in [5.41, 5.74) is 1.53. The summed E-state index contributed by atoms with van der Waals surface area (Å²) in [6.07, 6.45) is 0. The molecule has 0 saturated carbocycles. The number of thiazole rings is 1. The van der Waals surface area contributed by atoms with Crippen molar-refractivity contribution in [1.29, 1.82) is 0 Å². The van der Waals surface area contributed by atoms with Crippen LogP contribution in [-0.4, -0.2) is 52.8 Å². The minimum Gasteiger partial charge on any atom is -0.335 e. The molecule has 0 spiro atoms. The lowest BCUT2D eigenvalue weighted by Crippen LogP contribution is -2.50. The van der Waals surface area contributed by atoms with Gasteiger partial charge in [-0.2, -0.15) is 0 Å². The van der Waals surface area contributed by atoms with Crippen LogP contribution in [0.4, 0.5) is 4.39 Å². The van der Waals surface area contributed by atoms with Gasteiger partial charge in [-0.15, -0.1) is 22.7 Å². The molecule has 1 aliphatic rings. The van der Waals surface area contributed by atoms with Gasteiger partial charge in [0.05, 0.1) is 14.9 Å². The second-order valence-corrected chi connectivity index (χ2v) is 9.80. The van der Waals surface area contributed by atoms with E-state index < -0.39 is 5.82 Å². The van der Waals surface area contributed by atoms with Crippen LogP contribution in [0.3, 0.4) is 0 Å². The predicted molar refractivity (Wildman–Crippen MR) is 118 cm³/mol. The van der Waals surface area contributed by atoms with Crippen LogP contribution >= 0.6 is 34.3 Å². The maximum Gasteiger partial charge on any atom is 0.265 e. The predicted octanol–water partition coefficient (Wildman–Crippen LogP) is 4.88. The Bertz CT molecular complexity index is 1120. The van der Waals surface area contributed by atoms with Crippen LogP contribution in [0.2, 0.25) is 4.34 Å². The third kappa shape index (κ3) is 4.12. The van der Waals surface area contributed by atoms with Gasteiger partial charge >= 0.3 is 0 Å². The van der Waals surface area contributed by atoms with E-state index in [0.29, 0.717) is 52.2 Å². The molecule has 3 heterocycles. The first kappa shape index (κ1) is 21.0. The number of benzene rings is 1. The number of aromatic nitrogens is 1. The zero-order valence-electron chi connectivity index (χ0n) is 16.4. The summed E-state index contributed by atoms with van der Waals surface area (Å²) in [4.78, 5) is 35.2. The summed E-state index contributed by atoms with van der Waals surface area (Å²) in [7, 11) is 0. The monoisotopic (exact) mass is 463 g/mol. The van der Waals surface area contributed by atoms with E-state index in [4.69, 9.17) is 11.6 Å². The summed E-state index contributed by atoms with van der Waals surface area (Å²) in [5, 5.41) is 0.781. The Morgan fingerprint density at radius 3 is 2.27 bits per heavy atom. The molecule has 0 aliphatic carbocycles. The molecule has 156 valence electrons. The van der Waals surface area contributed by atoms with E-state index in [1.165, 1.54) is 28.7 Å². The molecule has 0 bridgehead atoms. The highest BCUT2D eigenvalue weighted by Crippen LogP contribution is 2.35. The van der Waals surface area contributed by atoms with E-state index in [9.17, 15) is 14.0 Å². The average molecular weight is 464 g/mol. The Balaban J connectivity index is 1.43. The van der Waals surface area contributed by atoms with Crippen molar-refractivity contribution in [2.75, 3.05) is 26.2 Å². The van der Waals surface area contributed by atoms with Crippen LogP contribution < -0.4 is 0 Å².